The molecule has 0 N–H and O–H groups in total. The van der Waals surface area contributed by atoms with Gasteiger partial charge in [0.05, 0.1) is 19.7 Å². The summed E-state index contributed by atoms with van der Waals surface area (Å²) in [7, 11) is 3.18. The summed E-state index contributed by atoms with van der Waals surface area (Å²) in [4.78, 5) is 25.6. The second kappa shape index (κ2) is 9.19. The lowest BCUT2D eigenvalue weighted by Crippen LogP contribution is -2.34. The molecule has 0 aliphatic heterocycles. The Morgan fingerprint density at radius 1 is 1.28 bits per heavy atom. The van der Waals surface area contributed by atoms with Crippen LogP contribution in [0.4, 0.5) is 0 Å². The zero-order chi connectivity index (χ0) is 18.2. The first-order valence-electron chi connectivity index (χ1n) is 7.72. The minimum absolute atomic E-state index is 0.195. The highest BCUT2D eigenvalue weighted by molar-refractivity contribution is 6.30. The molecule has 134 valence electrons. The number of carbonyl (C=O) groups is 1. The molecule has 0 atom stereocenters. The molecule has 0 unspecified atom stereocenters. The fourth-order valence-electron chi connectivity index (χ4n) is 2.06. The SMILES string of the molecule is COCCn1nc(C(=O)N(C)CCOc2cccc(Cl)c2)ccc1=O. The van der Waals surface area contributed by atoms with Crippen LogP contribution in [0.5, 0.6) is 5.75 Å². The highest BCUT2D eigenvalue weighted by Gasteiger charge is 2.14. The minimum atomic E-state index is -0.291. The Bertz CT molecular complexity index is 778. The van der Waals surface area contributed by atoms with E-state index in [1.807, 2.05) is 0 Å². The van der Waals surface area contributed by atoms with Gasteiger partial charge in [-0.2, -0.15) is 5.10 Å². The average Bonchev–Trinajstić information content (AvgIpc) is 2.60. The topological polar surface area (TPSA) is 73.7 Å². The van der Waals surface area contributed by atoms with Crippen LogP contribution in [-0.2, 0) is 11.3 Å². The molecule has 0 fully saturated rings. The van der Waals surface area contributed by atoms with Crippen molar-refractivity contribution in [1.82, 2.24) is 14.7 Å². The van der Waals surface area contributed by atoms with E-state index in [9.17, 15) is 9.59 Å². The molecule has 2 aromatic rings. The van der Waals surface area contributed by atoms with Crippen molar-refractivity contribution in [3.63, 3.8) is 0 Å². The second-order valence-electron chi connectivity index (χ2n) is 5.31. The Morgan fingerprint density at radius 2 is 2.08 bits per heavy atom. The van der Waals surface area contributed by atoms with E-state index in [4.69, 9.17) is 21.1 Å². The van der Waals surface area contributed by atoms with Gasteiger partial charge in [-0.05, 0) is 24.3 Å². The van der Waals surface area contributed by atoms with E-state index >= 15 is 0 Å². The minimum Gasteiger partial charge on any atom is -0.492 e. The zero-order valence-electron chi connectivity index (χ0n) is 14.1. The van der Waals surface area contributed by atoms with Crippen molar-refractivity contribution in [1.29, 1.82) is 0 Å². The maximum Gasteiger partial charge on any atom is 0.274 e. The summed E-state index contributed by atoms with van der Waals surface area (Å²) in [6.45, 7) is 1.31. The third-order valence-electron chi connectivity index (χ3n) is 3.43. The van der Waals surface area contributed by atoms with Crippen molar-refractivity contribution in [2.45, 2.75) is 6.54 Å². The number of amides is 1. The van der Waals surface area contributed by atoms with Gasteiger partial charge in [0, 0.05) is 25.2 Å². The third kappa shape index (κ3) is 5.58. The van der Waals surface area contributed by atoms with Gasteiger partial charge in [-0.3, -0.25) is 9.59 Å². The molecule has 1 aromatic heterocycles. The van der Waals surface area contributed by atoms with Crippen LogP contribution in [0.3, 0.4) is 0 Å². The first-order valence-corrected chi connectivity index (χ1v) is 8.10. The molecule has 0 bridgehead atoms. The Labute approximate surface area is 150 Å². The number of ether oxygens (including phenoxy) is 2. The third-order valence-corrected chi connectivity index (χ3v) is 3.67. The molecule has 1 aromatic carbocycles. The lowest BCUT2D eigenvalue weighted by Gasteiger charge is -2.17. The molecule has 2 rings (SSSR count). The number of hydrogen-bond acceptors (Lipinski definition) is 5. The molecule has 1 heterocycles. The number of halogens is 1. The number of hydrogen-bond donors (Lipinski definition) is 0. The molecule has 0 aliphatic carbocycles. The largest absolute Gasteiger partial charge is 0.492 e. The second-order valence-corrected chi connectivity index (χ2v) is 5.74. The summed E-state index contributed by atoms with van der Waals surface area (Å²) >= 11 is 5.89. The highest BCUT2D eigenvalue weighted by atomic mass is 35.5. The van der Waals surface area contributed by atoms with Crippen molar-refractivity contribution < 1.29 is 14.3 Å². The number of aromatic nitrogens is 2. The van der Waals surface area contributed by atoms with E-state index in [1.165, 1.54) is 28.8 Å². The van der Waals surface area contributed by atoms with Crippen LogP contribution in [-0.4, -0.2) is 54.5 Å². The van der Waals surface area contributed by atoms with Crippen LogP contribution in [0, 0.1) is 0 Å². The maximum absolute atomic E-state index is 12.4. The quantitative estimate of drug-likeness (QED) is 0.711. The lowest BCUT2D eigenvalue weighted by atomic mass is 10.3. The van der Waals surface area contributed by atoms with E-state index in [2.05, 4.69) is 5.10 Å². The summed E-state index contributed by atoms with van der Waals surface area (Å²) in [6.07, 6.45) is 0. The molecular weight excluding hydrogens is 346 g/mol. The molecule has 0 saturated carbocycles. The van der Waals surface area contributed by atoms with Crippen LogP contribution >= 0.6 is 11.6 Å². The number of benzene rings is 1. The number of carbonyl (C=O) groups excluding carboxylic acids is 1. The summed E-state index contributed by atoms with van der Waals surface area (Å²) < 4.78 is 11.7. The van der Waals surface area contributed by atoms with Crippen molar-refractivity contribution in [2.75, 3.05) is 33.9 Å². The smallest absolute Gasteiger partial charge is 0.274 e. The van der Waals surface area contributed by atoms with Gasteiger partial charge in [-0.1, -0.05) is 17.7 Å². The molecule has 8 heteroatoms. The normalized spacial score (nSPS) is 10.5. The number of nitrogens with zero attached hydrogens (tertiary/aromatic N) is 3. The molecule has 1 amide bonds. The molecule has 7 nitrogen and oxygen atoms in total. The van der Waals surface area contributed by atoms with Crippen molar-refractivity contribution in [2.24, 2.45) is 0 Å². The summed E-state index contributed by atoms with van der Waals surface area (Å²) in [5.74, 6) is 0.348. The van der Waals surface area contributed by atoms with Crippen LogP contribution < -0.4 is 10.3 Å². The predicted molar refractivity (Wildman–Crippen MR) is 94.3 cm³/mol. The average molecular weight is 366 g/mol. The van der Waals surface area contributed by atoms with Gasteiger partial charge in [-0.15, -0.1) is 0 Å². The fraction of sp³-hybridized carbons (Fsp3) is 0.353. The van der Waals surface area contributed by atoms with Gasteiger partial charge in [0.2, 0.25) is 0 Å². The van der Waals surface area contributed by atoms with Gasteiger partial charge >= 0.3 is 0 Å². The van der Waals surface area contributed by atoms with Crippen LogP contribution in [0.15, 0.2) is 41.2 Å². The van der Waals surface area contributed by atoms with Crippen LogP contribution in [0.1, 0.15) is 10.5 Å². The molecule has 0 saturated heterocycles. The first kappa shape index (κ1) is 19.0. The van der Waals surface area contributed by atoms with Crippen LogP contribution in [0.25, 0.3) is 0 Å². The Morgan fingerprint density at radius 3 is 2.80 bits per heavy atom. The molecule has 0 aliphatic rings. The van der Waals surface area contributed by atoms with E-state index in [1.54, 1.807) is 31.3 Å². The predicted octanol–water partition coefficient (Wildman–Crippen LogP) is 1.69. The standard InChI is InChI=1S/C17H20ClN3O4/c1-20(8-11-25-14-5-3-4-13(18)12-14)17(23)15-6-7-16(22)21(19-15)9-10-24-2/h3-7,12H,8-11H2,1-2H3. The van der Waals surface area contributed by atoms with E-state index in [0.29, 0.717) is 30.5 Å². The van der Waals surface area contributed by atoms with E-state index in [0.717, 1.165) is 0 Å². The molecular formula is C17H20ClN3O4. The number of methoxy groups -OCH3 is 1. The lowest BCUT2D eigenvalue weighted by molar-refractivity contribution is 0.0764. The molecule has 0 radical (unpaired) electrons. The number of rotatable bonds is 8. The van der Waals surface area contributed by atoms with E-state index < -0.39 is 0 Å². The van der Waals surface area contributed by atoms with Gasteiger partial charge in [0.15, 0.2) is 0 Å². The summed E-state index contributed by atoms with van der Waals surface area (Å²) in [5.41, 5.74) is -0.0819. The Balaban J connectivity index is 1.94. The molecule has 0 spiro atoms. The zero-order valence-corrected chi connectivity index (χ0v) is 14.9. The maximum atomic E-state index is 12.4. The summed E-state index contributed by atoms with van der Waals surface area (Å²) in [6, 6.07) is 9.79. The van der Waals surface area contributed by atoms with Gasteiger partial charge in [0.1, 0.15) is 18.1 Å². The van der Waals surface area contributed by atoms with Crippen LogP contribution in [0.2, 0.25) is 5.02 Å². The Hall–Kier alpha value is -2.38. The van der Waals surface area contributed by atoms with E-state index in [-0.39, 0.29) is 23.7 Å². The first-order chi connectivity index (χ1) is 12.0. The summed E-state index contributed by atoms with van der Waals surface area (Å²) in [5, 5.41) is 4.67. The van der Waals surface area contributed by atoms with Crippen molar-refractivity contribution in [3.8, 4) is 5.75 Å². The molecule has 25 heavy (non-hydrogen) atoms. The van der Waals surface area contributed by atoms with Gasteiger partial charge in [-0.25, -0.2) is 4.68 Å². The Kier molecular flexibility index (Phi) is 6.97. The number of likely N-dealkylation sites (N-methyl/N-ethyl adjacent to an activating group) is 1. The monoisotopic (exact) mass is 365 g/mol. The van der Waals surface area contributed by atoms with Gasteiger partial charge < -0.3 is 14.4 Å². The fourth-order valence-corrected chi connectivity index (χ4v) is 2.24. The van der Waals surface area contributed by atoms with Gasteiger partial charge in [0.25, 0.3) is 11.5 Å². The van der Waals surface area contributed by atoms with Crippen molar-refractivity contribution >= 4 is 17.5 Å². The van der Waals surface area contributed by atoms with Crippen molar-refractivity contribution in [3.05, 3.63) is 57.5 Å². The highest BCUT2D eigenvalue weighted by Crippen LogP contribution is 2.16.